The molecule has 3 aromatic heterocycles. The lowest BCUT2D eigenvalue weighted by molar-refractivity contribution is -0.122. The fourth-order valence-electron chi connectivity index (χ4n) is 2.49. The molecule has 138 valence electrons. The zero-order valence-electron chi connectivity index (χ0n) is 15.2. The number of rotatable bonds is 7. The van der Waals surface area contributed by atoms with Crippen LogP contribution in [0.4, 0.5) is 0 Å². The van der Waals surface area contributed by atoms with E-state index in [9.17, 15) is 4.79 Å². The Hall–Kier alpha value is -2.48. The molecular formula is C18H23N5O2S. The van der Waals surface area contributed by atoms with Crippen LogP contribution in [0.3, 0.4) is 0 Å². The van der Waals surface area contributed by atoms with E-state index in [-0.39, 0.29) is 17.4 Å². The number of hydrogen-bond acceptors (Lipinski definition) is 6. The first-order valence-electron chi connectivity index (χ1n) is 8.52. The van der Waals surface area contributed by atoms with Gasteiger partial charge in [-0.3, -0.25) is 4.79 Å². The summed E-state index contributed by atoms with van der Waals surface area (Å²) in [4.78, 5) is 16.5. The summed E-state index contributed by atoms with van der Waals surface area (Å²) in [5.41, 5.74) is 0.836. The molecule has 1 N–H and O–H groups in total. The predicted molar refractivity (Wildman–Crippen MR) is 99.5 cm³/mol. The lowest BCUT2D eigenvalue weighted by Gasteiger charge is -2.31. The highest BCUT2D eigenvalue weighted by Crippen LogP contribution is 2.22. The largest absolute Gasteiger partial charge is 0.421 e. The van der Waals surface area contributed by atoms with Gasteiger partial charge in [-0.25, -0.2) is 4.98 Å². The Balaban J connectivity index is 1.55. The van der Waals surface area contributed by atoms with E-state index in [0.29, 0.717) is 31.2 Å². The van der Waals surface area contributed by atoms with E-state index in [1.807, 2.05) is 27.6 Å². The van der Waals surface area contributed by atoms with Gasteiger partial charge in [-0.05, 0) is 16.9 Å². The molecule has 0 saturated heterocycles. The predicted octanol–water partition coefficient (Wildman–Crippen LogP) is 3.16. The number of hydrogen-bond donors (Lipinski definition) is 1. The lowest BCUT2D eigenvalue weighted by Crippen LogP contribution is -2.46. The third-order valence-corrected chi connectivity index (χ3v) is 4.82. The molecule has 0 aliphatic rings. The third kappa shape index (κ3) is 4.78. The maximum Gasteiger partial charge on any atom is 0.248 e. The van der Waals surface area contributed by atoms with Crippen molar-refractivity contribution in [2.45, 2.75) is 46.2 Å². The summed E-state index contributed by atoms with van der Waals surface area (Å²) < 4.78 is 7.60. The number of nitrogens with one attached hydrogen (secondary N) is 1. The minimum Gasteiger partial charge on any atom is -0.421 e. The maximum atomic E-state index is 12.4. The van der Waals surface area contributed by atoms with E-state index in [1.54, 1.807) is 23.9 Å². The first kappa shape index (κ1) is 18.3. The second-order valence-electron chi connectivity index (χ2n) is 7.26. The molecule has 3 rings (SSSR count). The van der Waals surface area contributed by atoms with Crippen LogP contribution in [-0.4, -0.2) is 31.7 Å². The molecule has 3 aromatic rings. The molecule has 26 heavy (non-hydrogen) atoms. The molecule has 0 fully saturated rings. The third-order valence-electron chi connectivity index (χ3n) is 4.13. The number of amides is 1. The van der Waals surface area contributed by atoms with Gasteiger partial charge in [0.25, 0.3) is 0 Å². The molecule has 0 aliphatic heterocycles. The Bertz CT molecular complexity index is 818. The Labute approximate surface area is 156 Å². The minimum absolute atomic E-state index is 0.00625. The molecule has 0 aliphatic carbocycles. The van der Waals surface area contributed by atoms with Gasteiger partial charge >= 0.3 is 0 Å². The molecule has 0 bridgehead atoms. The van der Waals surface area contributed by atoms with Crippen molar-refractivity contribution in [1.82, 2.24) is 25.1 Å². The summed E-state index contributed by atoms with van der Waals surface area (Å²) in [6, 6.07) is 1.92. The van der Waals surface area contributed by atoms with Gasteiger partial charge in [0.1, 0.15) is 0 Å². The number of thiophene rings is 1. The molecule has 3 heterocycles. The van der Waals surface area contributed by atoms with Gasteiger partial charge in [0.15, 0.2) is 0 Å². The Morgan fingerprint density at radius 1 is 1.38 bits per heavy atom. The van der Waals surface area contributed by atoms with Crippen LogP contribution < -0.4 is 5.32 Å². The normalized spacial score (nSPS) is 12.9. The minimum atomic E-state index is -0.0729. The number of nitrogens with zero attached hydrogens (tertiary/aromatic N) is 4. The zero-order valence-corrected chi connectivity index (χ0v) is 16.0. The van der Waals surface area contributed by atoms with Gasteiger partial charge in [0.2, 0.25) is 17.7 Å². The maximum absolute atomic E-state index is 12.4. The molecule has 1 amide bonds. The molecule has 7 nitrogen and oxygen atoms in total. The number of imidazole rings is 1. The number of aryl methyl sites for hydroxylation is 1. The van der Waals surface area contributed by atoms with Gasteiger partial charge < -0.3 is 14.3 Å². The van der Waals surface area contributed by atoms with E-state index in [2.05, 4.69) is 41.3 Å². The van der Waals surface area contributed by atoms with Crippen molar-refractivity contribution in [3.8, 4) is 11.5 Å². The number of aromatic nitrogens is 4. The van der Waals surface area contributed by atoms with Crippen LogP contribution in [0.2, 0.25) is 0 Å². The van der Waals surface area contributed by atoms with Crippen LogP contribution in [0.1, 0.15) is 33.1 Å². The summed E-state index contributed by atoms with van der Waals surface area (Å²) in [5, 5.41) is 15.1. The average molecular weight is 373 g/mol. The molecule has 0 spiro atoms. The van der Waals surface area contributed by atoms with Gasteiger partial charge in [-0.15, -0.1) is 10.2 Å². The van der Waals surface area contributed by atoms with Crippen molar-refractivity contribution in [3.05, 3.63) is 41.4 Å². The SMILES string of the molecule is CC(C)(C)C(Cn1ccnc1)NC(=O)CCc1nnc(-c2ccsc2)o1. The van der Waals surface area contributed by atoms with Gasteiger partial charge in [0, 0.05) is 42.7 Å². The first-order valence-corrected chi connectivity index (χ1v) is 9.46. The van der Waals surface area contributed by atoms with Crippen molar-refractivity contribution < 1.29 is 9.21 Å². The van der Waals surface area contributed by atoms with Gasteiger partial charge in [-0.1, -0.05) is 20.8 Å². The molecule has 0 radical (unpaired) electrons. The zero-order chi connectivity index (χ0) is 18.6. The summed E-state index contributed by atoms with van der Waals surface area (Å²) in [5.74, 6) is 0.943. The van der Waals surface area contributed by atoms with Crippen LogP contribution in [0.25, 0.3) is 11.5 Å². The number of carbonyl (C=O) groups is 1. The van der Waals surface area contributed by atoms with Crippen LogP contribution >= 0.6 is 11.3 Å². The van der Waals surface area contributed by atoms with Crippen molar-refractivity contribution in [1.29, 1.82) is 0 Å². The molecule has 1 atom stereocenters. The van der Waals surface area contributed by atoms with Crippen LogP contribution in [0.5, 0.6) is 0 Å². The van der Waals surface area contributed by atoms with Crippen LogP contribution in [0.15, 0.2) is 40.0 Å². The van der Waals surface area contributed by atoms with Gasteiger partial charge in [-0.2, -0.15) is 11.3 Å². The second kappa shape index (κ2) is 7.82. The fraction of sp³-hybridized carbons (Fsp3) is 0.444. The van der Waals surface area contributed by atoms with E-state index in [1.165, 1.54) is 0 Å². The summed E-state index contributed by atoms with van der Waals surface area (Å²) in [6.07, 6.45) is 6.12. The van der Waals surface area contributed by atoms with Crippen molar-refractivity contribution in [3.63, 3.8) is 0 Å². The van der Waals surface area contributed by atoms with Gasteiger partial charge in [0.05, 0.1) is 12.4 Å². The molecule has 8 heteroatoms. The van der Waals surface area contributed by atoms with Crippen molar-refractivity contribution in [2.75, 3.05) is 0 Å². The smallest absolute Gasteiger partial charge is 0.248 e. The first-order chi connectivity index (χ1) is 12.4. The standard InChI is InChI=1S/C18H23N5O2S/c1-18(2,3)14(10-23-8-7-19-12-23)20-15(24)4-5-16-21-22-17(25-16)13-6-9-26-11-13/h6-9,11-12,14H,4-5,10H2,1-3H3,(H,20,24). The fourth-order valence-corrected chi connectivity index (χ4v) is 3.12. The summed E-state index contributed by atoms with van der Waals surface area (Å²) in [7, 11) is 0. The van der Waals surface area contributed by atoms with E-state index in [0.717, 1.165) is 5.56 Å². The summed E-state index contributed by atoms with van der Waals surface area (Å²) in [6.45, 7) is 7.01. The highest BCUT2D eigenvalue weighted by molar-refractivity contribution is 7.08. The van der Waals surface area contributed by atoms with E-state index >= 15 is 0 Å². The molecule has 0 saturated carbocycles. The topological polar surface area (TPSA) is 85.8 Å². The molecular weight excluding hydrogens is 350 g/mol. The quantitative estimate of drug-likeness (QED) is 0.687. The Kier molecular flexibility index (Phi) is 5.51. The Morgan fingerprint density at radius 3 is 2.88 bits per heavy atom. The second-order valence-corrected chi connectivity index (χ2v) is 8.04. The Morgan fingerprint density at radius 2 is 2.23 bits per heavy atom. The van der Waals surface area contributed by atoms with E-state index < -0.39 is 0 Å². The van der Waals surface area contributed by atoms with Crippen molar-refractivity contribution in [2.24, 2.45) is 5.41 Å². The molecule has 1 unspecified atom stereocenters. The van der Waals surface area contributed by atoms with Crippen LogP contribution in [-0.2, 0) is 17.8 Å². The number of carbonyl (C=O) groups excluding carboxylic acids is 1. The molecule has 0 aromatic carbocycles. The van der Waals surface area contributed by atoms with Crippen LogP contribution in [0, 0.1) is 5.41 Å². The van der Waals surface area contributed by atoms with Crippen molar-refractivity contribution >= 4 is 17.2 Å². The summed E-state index contributed by atoms with van der Waals surface area (Å²) >= 11 is 1.57. The van der Waals surface area contributed by atoms with E-state index in [4.69, 9.17) is 4.42 Å². The highest BCUT2D eigenvalue weighted by Gasteiger charge is 2.26. The lowest BCUT2D eigenvalue weighted by atomic mass is 9.86. The monoisotopic (exact) mass is 373 g/mol. The average Bonchev–Trinajstić information content (AvgIpc) is 3.32. The highest BCUT2D eigenvalue weighted by atomic mass is 32.1.